The van der Waals surface area contributed by atoms with Crippen molar-refractivity contribution in [1.29, 1.82) is 0 Å². The van der Waals surface area contributed by atoms with E-state index in [-0.39, 0.29) is 5.92 Å². The SMILES string of the molecule is Cc1cc2c(-c3ccc(Cl)cc3F)nc(C3CCOCC3)nc2nc1C. The van der Waals surface area contributed by atoms with Crippen molar-refractivity contribution in [2.24, 2.45) is 0 Å². The maximum atomic E-state index is 14.6. The van der Waals surface area contributed by atoms with Gasteiger partial charge in [0.15, 0.2) is 5.65 Å². The van der Waals surface area contributed by atoms with Gasteiger partial charge in [0.1, 0.15) is 11.6 Å². The summed E-state index contributed by atoms with van der Waals surface area (Å²) in [5.74, 6) is 0.514. The van der Waals surface area contributed by atoms with Crippen molar-refractivity contribution in [2.45, 2.75) is 32.6 Å². The minimum Gasteiger partial charge on any atom is -0.381 e. The van der Waals surface area contributed by atoms with E-state index < -0.39 is 5.82 Å². The molecule has 0 amide bonds. The molecule has 1 aromatic carbocycles. The molecule has 2 aromatic heterocycles. The summed E-state index contributed by atoms with van der Waals surface area (Å²) in [5, 5.41) is 1.12. The fourth-order valence-electron chi connectivity index (χ4n) is 3.29. The number of nitrogens with zero attached hydrogens (tertiary/aromatic N) is 3. The molecular formula is C20H19ClFN3O. The smallest absolute Gasteiger partial charge is 0.163 e. The Kier molecular flexibility index (Phi) is 4.59. The highest BCUT2D eigenvalue weighted by atomic mass is 35.5. The number of aromatic nitrogens is 3. The first-order chi connectivity index (χ1) is 12.5. The van der Waals surface area contributed by atoms with E-state index in [2.05, 4.69) is 4.98 Å². The molecule has 1 aliphatic rings. The molecule has 0 aliphatic carbocycles. The molecule has 1 fully saturated rings. The minimum absolute atomic E-state index is 0.200. The van der Waals surface area contributed by atoms with Gasteiger partial charge in [0.25, 0.3) is 0 Å². The van der Waals surface area contributed by atoms with Gasteiger partial charge in [-0.2, -0.15) is 0 Å². The summed E-state index contributed by atoms with van der Waals surface area (Å²) in [5.41, 5.74) is 3.53. The van der Waals surface area contributed by atoms with Crippen molar-refractivity contribution in [1.82, 2.24) is 15.0 Å². The Morgan fingerprint density at radius 2 is 1.85 bits per heavy atom. The first kappa shape index (κ1) is 17.3. The highest BCUT2D eigenvalue weighted by Gasteiger charge is 2.22. The first-order valence-electron chi connectivity index (χ1n) is 8.72. The summed E-state index contributed by atoms with van der Waals surface area (Å²) in [4.78, 5) is 14.1. The van der Waals surface area contributed by atoms with Gasteiger partial charge in [-0.1, -0.05) is 11.6 Å². The molecule has 0 saturated carbocycles. The van der Waals surface area contributed by atoms with Crippen LogP contribution in [-0.4, -0.2) is 28.2 Å². The lowest BCUT2D eigenvalue weighted by Crippen LogP contribution is -2.17. The van der Waals surface area contributed by atoms with Gasteiger partial charge in [-0.3, -0.25) is 0 Å². The van der Waals surface area contributed by atoms with Crippen molar-refractivity contribution < 1.29 is 9.13 Å². The van der Waals surface area contributed by atoms with Crippen LogP contribution in [0.3, 0.4) is 0 Å². The Morgan fingerprint density at radius 3 is 2.58 bits per heavy atom. The molecule has 4 nitrogen and oxygen atoms in total. The quantitative estimate of drug-likeness (QED) is 0.636. The van der Waals surface area contributed by atoms with E-state index in [0.29, 0.717) is 41.0 Å². The highest BCUT2D eigenvalue weighted by Crippen LogP contribution is 2.33. The maximum absolute atomic E-state index is 14.6. The van der Waals surface area contributed by atoms with E-state index in [1.165, 1.54) is 6.07 Å². The van der Waals surface area contributed by atoms with Gasteiger partial charge >= 0.3 is 0 Å². The lowest BCUT2D eigenvalue weighted by Gasteiger charge is -2.21. The summed E-state index contributed by atoms with van der Waals surface area (Å²) >= 11 is 5.92. The van der Waals surface area contributed by atoms with Crippen molar-refractivity contribution in [3.05, 3.63) is 52.2 Å². The molecule has 0 radical (unpaired) electrons. The average Bonchev–Trinajstić information content (AvgIpc) is 2.63. The van der Waals surface area contributed by atoms with Crippen LogP contribution in [0.25, 0.3) is 22.3 Å². The third-order valence-corrected chi connectivity index (χ3v) is 5.16. The number of benzene rings is 1. The second kappa shape index (κ2) is 6.89. The molecule has 0 unspecified atom stereocenters. The summed E-state index contributed by atoms with van der Waals surface area (Å²) in [7, 11) is 0. The summed E-state index contributed by atoms with van der Waals surface area (Å²) in [6.45, 7) is 5.32. The zero-order chi connectivity index (χ0) is 18.3. The molecule has 0 atom stereocenters. The predicted molar refractivity (Wildman–Crippen MR) is 100 cm³/mol. The largest absolute Gasteiger partial charge is 0.381 e. The Bertz CT molecular complexity index is 986. The highest BCUT2D eigenvalue weighted by molar-refractivity contribution is 6.30. The van der Waals surface area contributed by atoms with E-state index in [0.717, 1.165) is 29.5 Å². The molecule has 0 N–H and O–H groups in total. The van der Waals surface area contributed by atoms with Gasteiger partial charge in [0.05, 0.1) is 5.69 Å². The van der Waals surface area contributed by atoms with E-state index in [4.69, 9.17) is 26.3 Å². The lowest BCUT2D eigenvalue weighted by molar-refractivity contribution is 0.0836. The van der Waals surface area contributed by atoms with Gasteiger partial charge in [-0.15, -0.1) is 0 Å². The van der Waals surface area contributed by atoms with Crippen LogP contribution in [0.15, 0.2) is 24.3 Å². The zero-order valence-corrected chi connectivity index (χ0v) is 15.5. The Morgan fingerprint density at radius 1 is 1.08 bits per heavy atom. The third-order valence-electron chi connectivity index (χ3n) is 4.92. The molecule has 0 spiro atoms. The second-order valence-corrected chi connectivity index (χ2v) is 7.14. The van der Waals surface area contributed by atoms with Gasteiger partial charge in [0, 0.05) is 40.8 Å². The number of aryl methyl sites for hydroxylation is 2. The molecule has 3 heterocycles. The first-order valence-corrected chi connectivity index (χ1v) is 9.10. The minimum atomic E-state index is -0.395. The van der Waals surface area contributed by atoms with Crippen LogP contribution in [0, 0.1) is 19.7 Å². The van der Waals surface area contributed by atoms with Gasteiger partial charge in [-0.05, 0) is 56.5 Å². The van der Waals surface area contributed by atoms with E-state index in [9.17, 15) is 4.39 Å². The molecular weight excluding hydrogens is 353 g/mol. The fraction of sp³-hybridized carbons (Fsp3) is 0.350. The zero-order valence-electron chi connectivity index (χ0n) is 14.7. The van der Waals surface area contributed by atoms with Gasteiger partial charge in [0.2, 0.25) is 0 Å². The van der Waals surface area contributed by atoms with Crippen molar-refractivity contribution in [3.8, 4) is 11.3 Å². The molecule has 1 aliphatic heterocycles. The van der Waals surface area contributed by atoms with Crippen molar-refractivity contribution in [2.75, 3.05) is 13.2 Å². The van der Waals surface area contributed by atoms with E-state index in [1.54, 1.807) is 12.1 Å². The second-order valence-electron chi connectivity index (χ2n) is 6.70. The Balaban J connectivity index is 1.97. The van der Waals surface area contributed by atoms with Crippen LogP contribution < -0.4 is 0 Å². The summed E-state index contributed by atoms with van der Waals surface area (Å²) < 4.78 is 20.1. The van der Waals surface area contributed by atoms with Crippen LogP contribution in [0.5, 0.6) is 0 Å². The monoisotopic (exact) mass is 371 g/mol. The van der Waals surface area contributed by atoms with E-state index >= 15 is 0 Å². The van der Waals surface area contributed by atoms with Crippen molar-refractivity contribution >= 4 is 22.6 Å². The van der Waals surface area contributed by atoms with Crippen molar-refractivity contribution in [3.63, 3.8) is 0 Å². The normalized spacial score (nSPS) is 15.5. The summed E-state index contributed by atoms with van der Waals surface area (Å²) in [6, 6.07) is 6.64. The van der Waals surface area contributed by atoms with Crippen LogP contribution in [0.4, 0.5) is 4.39 Å². The topological polar surface area (TPSA) is 47.9 Å². The van der Waals surface area contributed by atoms with Crippen LogP contribution >= 0.6 is 11.6 Å². The fourth-order valence-corrected chi connectivity index (χ4v) is 3.44. The average molecular weight is 372 g/mol. The van der Waals surface area contributed by atoms with Gasteiger partial charge in [-0.25, -0.2) is 19.3 Å². The number of hydrogen-bond donors (Lipinski definition) is 0. The molecule has 0 bridgehead atoms. The molecule has 6 heteroatoms. The lowest BCUT2D eigenvalue weighted by atomic mass is 9.98. The number of ether oxygens (including phenoxy) is 1. The number of fused-ring (bicyclic) bond motifs is 1. The molecule has 3 aromatic rings. The van der Waals surface area contributed by atoms with E-state index in [1.807, 2.05) is 19.9 Å². The predicted octanol–water partition coefficient (Wildman–Crippen LogP) is 5.00. The Labute approximate surface area is 156 Å². The number of halogens is 2. The summed E-state index contributed by atoms with van der Waals surface area (Å²) in [6.07, 6.45) is 1.72. The Hall–Kier alpha value is -2.11. The molecule has 1 saturated heterocycles. The molecule has 134 valence electrons. The number of rotatable bonds is 2. The standard InChI is InChI=1S/C20H19ClFN3O/c1-11-9-16-18(15-4-3-14(21)10-17(15)22)24-19(13-5-7-26-8-6-13)25-20(16)23-12(11)2/h3-4,9-10,13H,5-8H2,1-2H3. The van der Waals surface area contributed by atoms with Gasteiger partial charge < -0.3 is 4.74 Å². The van der Waals surface area contributed by atoms with Crippen LogP contribution in [-0.2, 0) is 4.74 Å². The molecule has 4 rings (SSSR count). The van der Waals surface area contributed by atoms with Crippen LogP contribution in [0.1, 0.15) is 35.8 Å². The van der Waals surface area contributed by atoms with Crippen LogP contribution in [0.2, 0.25) is 5.02 Å². The molecule has 26 heavy (non-hydrogen) atoms. The number of pyridine rings is 1. The third kappa shape index (κ3) is 3.17. The number of hydrogen-bond acceptors (Lipinski definition) is 4. The maximum Gasteiger partial charge on any atom is 0.163 e.